The van der Waals surface area contributed by atoms with Crippen LogP contribution in [0.3, 0.4) is 0 Å². The number of allylic oxidation sites excluding steroid dienone is 1. The lowest BCUT2D eigenvalue weighted by atomic mass is 10.2. The van der Waals surface area contributed by atoms with Gasteiger partial charge in [0.2, 0.25) is 0 Å². The highest BCUT2D eigenvalue weighted by Crippen LogP contribution is 2.01. The SMILES string of the molecule is CC(C)=COCCOC(=O)CCCCC(=O)O. The number of carboxylic acids is 1. The fraction of sp³-hybridized carbons (Fsp3) is 0.667. The maximum atomic E-state index is 11.1. The molecule has 0 saturated carbocycles. The molecule has 0 radical (unpaired) electrons. The lowest BCUT2D eigenvalue weighted by Crippen LogP contribution is -2.09. The molecule has 0 rings (SSSR count). The van der Waals surface area contributed by atoms with Crippen molar-refractivity contribution in [3.05, 3.63) is 11.8 Å². The van der Waals surface area contributed by atoms with Crippen LogP contribution in [0.15, 0.2) is 11.8 Å². The number of rotatable bonds is 9. The van der Waals surface area contributed by atoms with Gasteiger partial charge in [-0.15, -0.1) is 0 Å². The first-order valence-corrected chi connectivity index (χ1v) is 5.64. The van der Waals surface area contributed by atoms with Crippen molar-refractivity contribution < 1.29 is 24.2 Å². The average molecular weight is 244 g/mol. The number of unbranched alkanes of at least 4 members (excludes halogenated alkanes) is 1. The van der Waals surface area contributed by atoms with Crippen molar-refractivity contribution in [2.45, 2.75) is 39.5 Å². The van der Waals surface area contributed by atoms with Gasteiger partial charge in [0, 0.05) is 12.8 Å². The van der Waals surface area contributed by atoms with E-state index in [1.807, 2.05) is 13.8 Å². The second-order valence-electron chi connectivity index (χ2n) is 3.89. The highest BCUT2D eigenvalue weighted by Gasteiger charge is 2.03. The Kier molecular flexibility index (Phi) is 8.82. The number of carbonyl (C=O) groups is 2. The molecule has 0 aliphatic rings. The summed E-state index contributed by atoms with van der Waals surface area (Å²) in [6.07, 6.45) is 3.01. The largest absolute Gasteiger partial charge is 0.498 e. The van der Waals surface area contributed by atoms with Gasteiger partial charge in [0.1, 0.15) is 13.2 Å². The van der Waals surface area contributed by atoms with Gasteiger partial charge in [0.05, 0.1) is 6.26 Å². The molecule has 1 N–H and O–H groups in total. The third kappa shape index (κ3) is 12.4. The summed E-state index contributed by atoms with van der Waals surface area (Å²) >= 11 is 0. The zero-order valence-electron chi connectivity index (χ0n) is 10.4. The van der Waals surface area contributed by atoms with Gasteiger partial charge in [-0.1, -0.05) is 0 Å². The number of hydrogen-bond donors (Lipinski definition) is 1. The third-order valence-corrected chi connectivity index (χ3v) is 1.80. The second-order valence-corrected chi connectivity index (χ2v) is 3.89. The van der Waals surface area contributed by atoms with Crippen LogP contribution in [0.2, 0.25) is 0 Å². The fourth-order valence-corrected chi connectivity index (χ4v) is 1.05. The minimum atomic E-state index is -0.839. The van der Waals surface area contributed by atoms with Crippen LogP contribution in [-0.2, 0) is 19.1 Å². The van der Waals surface area contributed by atoms with Gasteiger partial charge in [-0.3, -0.25) is 9.59 Å². The molecule has 0 aromatic rings. The Labute approximate surface area is 101 Å². The van der Waals surface area contributed by atoms with Crippen LogP contribution in [0.25, 0.3) is 0 Å². The van der Waals surface area contributed by atoms with Crippen molar-refractivity contribution in [3.63, 3.8) is 0 Å². The molecule has 0 aliphatic carbocycles. The quantitative estimate of drug-likeness (QED) is 0.382. The first-order valence-electron chi connectivity index (χ1n) is 5.64. The Morgan fingerprint density at radius 1 is 1.12 bits per heavy atom. The molecule has 17 heavy (non-hydrogen) atoms. The van der Waals surface area contributed by atoms with Crippen molar-refractivity contribution in [1.29, 1.82) is 0 Å². The van der Waals surface area contributed by atoms with Crippen LogP contribution in [0.1, 0.15) is 39.5 Å². The highest BCUT2D eigenvalue weighted by molar-refractivity contribution is 5.69. The number of hydrogen-bond acceptors (Lipinski definition) is 4. The molecule has 0 saturated heterocycles. The summed E-state index contributed by atoms with van der Waals surface area (Å²) in [4.78, 5) is 21.3. The van der Waals surface area contributed by atoms with Gasteiger partial charge in [-0.2, -0.15) is 0 Å². The van der Waals surface area contributed by atoms with Crippen LogP contribution in [0, 0.1) is 0 Å². The topological polar surface area (TPSA) is 72.8 Å². The molecule has 0 amide bonds. The predicted molar refractivity (Wildman–Crippen MR) is 62.4 cm³/mol. The van der Waals surface area contributed by atoms with Gasteiger partial charge < -0.3 is 14.6 Å². The second kappa shape index (κ2) is 9.69. The number of ether oxygens (including phenoxy) is 2. The third-order valence-electron chi connectivity index (χ3n) is 1.80. The normalized spacial score (nSPS) is 9.53. The molecule has 0 heterocycles. The average Bonchev–Trinajstić information content (AvgIpc) is 2.23. The van der Waals surface area contributed by atoms with Gasteiger partial charge in [0.25, 0.3) is 0 Å². The molecule has 98 valence electrons. The van der Waals surface area contributed by atoms with Crippen molar-refractivity contribution in [3.8, 4) is 0 Å². The van der Waals surface area contributed by atoms with E-state index in [0.717, 1.165) is 5.57 Å². The molecular formula is C12H20O5. The molecule has 5 heteroatoms. The minimum absolute atomic E-state index is 0.0942. The zero-order chi connectivity index (χ0) is 13.1. The van der Waals surface area contributed by atoms with Crippen LogP contribution in [0.4, 0.5) is 0 Å². The number of carboxylic acid groups (broad SMARTS) is 1. The maximum absolute atomic E-state index is 11.1. The molecule has 0 aromatic heterocycles. The van der Waals surface area contributed by atoms with Crippen molar-refractivity contribution in [1.82, 2.24) is 0 Å². The predicted octanol–water partition coefficient (Wildman–Crippen LogP) is 2.11. The maximum Gasteiger partial charge on any atom is 0.305 e. The summed E-state index contributed by atoms with van der Waals surface area (Å²) in [5, 5.41) is 8.39. The van der Waals surface area contributed by atoms with E-state index in [2.05, 4.69) is 0 Å². The highest BCUT2D eigenvalue weighted by atomic mass is 16.6. The molecule has 0 fully saturated rings. The molecule has 0 aromatic carbocycles. The van der Waals surface area contributed by atoms with Gasteiger partial charge in [-0.05, 0) is 32.3 Å². The van der Waals surface area contributed by atoms with E-state index >= 15 is 0 Å². The van der Waals surface area contributed by atoms with Gasteiger partial charge in [-0.25, -0.2) is 0 Å². The summed E-state index contributed by atoms with van der Waals surface area (Å²) in [7, 11) is 0. The standard InChI is InChI=1S/C12H20O5/c1-10(2)9-16-7-8-17-12(15)6-4-3-5-11(13)14/h9H,3-8H2,1-2H3,(H,13,14). The van der Waals surface area contributed by atoms with E-state index < -0.39 is 5.97 Å². The lowest BCUT2D eigenvalue weighted by Gasteiger charge is -2.04. The van der Waals surface area contributed by atoms with E-state index in [4.69, 9.17) is 14.6 Å². The number of esters is 1. The van der Waals surface area contributed by atoms with Crippen LogP contribution in [0.5, 0.6) is 0 Å². The Hall–Kier alpha value is -1.52. The Balaban J connectivity index is 3.35. The summed E-state index contributed by atoms with van der Waals surface area (Å²) in [5.41, 5.74) is 1.05. The smallest absolute Gasteiger partial charge is 0.305 e. The minimum Gasteiger partial charge on any atom is -0.498 e. The zero-order valence-corrected chi connectivity index (χ0v) is 10.4. The van der Waals surface area contributed by atoms with Crippen LogP contribution in [-0.4, -0.2) is 30.3 Å². The van der Waals surface area contributed by atoms with Gasteiger partial charge >= 0.3 is 11.9 Å². The van der Waals surface area contributed by atoms with Gasteiger partial charge in [0.15, 0.2) is 0 Å². The monoisotopic (exact) mass is 244 g/mol. The van der Waals surface area contributed by atoms with Crippen molar-refractivity contribution >= 4 is 11.9 Å². The van der Waals surface area contributed by atoms with Crippen LogP contribution < -0.4 is 0 Å². The van der Waals surface area contributed by atoms with E-state index in [9.17, 15) is 9.59 Å². The van der Waals surface area contributed by atoms with E-state index in [1.54, 1.807) is 6.26 Å². The molecule has 0 unspecified atom stereocenters. The van der Waals surface area contributed by atoms with Crippen molar-refractivity contribution in [2.75, 3.05) is 13.2 Å². The molecule has 0 bridgehead atoms. The molecular weight excluding hydrogens is 224 g/mol. The van der Waals surface area contributed by atoms with E-state index in [1.165, 1.54) is 0 Å². The molecule has 0 aliphatic heterocycles. The Bertz CT molecular complexity index is 266. The number of aliphatic carboxylic acids is 1. The Morgan fingerprint density at radius 2 is 1.76 bits per heavy atom. The van der Waals surface area contributed by atoms with Crippen LogP contribution >= 0.6 is 0 Å². The van der Waals surface area contributed by atoms with E-state index in [-0.39, 0.29) is 25.4 Å². The van der Waals surface area contributed by atoms with E-state index in [0.29, 0.717) is 19.4 Å². The summed E-state index contributed by atoms with van der Waals surface area (Å²) in [6, 6.07) is 0. The first-order chi connectivity index (χ1) is 8.02. The lowest BCUT2D eigenvalue weighted by molar-refractivity contribution is -0.145. The first kappa shape index (κ1) is 15.5. The Morgan fingerprint density at radius 3 is 2.35 bits per heavy atom. The molecule has 0 atom stereocenters. The molecule has 0 spiro atoms. The summed E-state index contributed by atoms with van der Waals surface area (Å²) < 4.78 is 9.98. The number of carbonyl (C=O) groups excluding carboxylic acids is 1. The summed E-state index contributed by atoms with van der Waals surface area (Å²) in [6.45, 7) is 4.39. The van der Waals surface area contributed by atoms with Crippen molar-refractivity contribution in [2.24, 2.45) is 0 Å². The fourth-order valence-electron chi connectivity index (χ4n) is 1.05. The molecule has 5 nitrogen and oxygen atoms in total. The summed E-state index contributed by atoms with van der Waals surface area (Å²) in [5.74, 6) is -1.15.